The van der Waals surface area contributed by atoms with E-state index in [0.29, 0.717) is 0 Å². The molecule has 1 heteroatoms. The summed E-state index contributed by atoms with van der Waals surface area (Å²) in [7, 11) is 0. The molecule has 90 valence electrons. The van der Waals surface area contributed by atoms with E-state index < -0.39 is 0 Å². The molecule has 18 heavy (non-hydrogen) atoms. The number of hydrogen-bond acceptors (Lipinski definition) is 0. The largest absolute Gasteiger partial charge is 0.0837 e. The van der Waals surface area contributed by atoms with Crippen LogP contribution in [0.4, 0.5) is 0 Å². The van der Waals surface area contributed by atoms with Crippen molar-refractivity contribution in [3.63, 3.8) is 0 Å². The molecule has 0 spiro atoms. The van der Waals surface area contributed by atoms with Crippen molar-refractivity contribution < 1.29 is 0 Å². The van der Waals surface area contributed by atoms with Crippen LogP contribution in [0.2, 0.25) is 5.02 Å². The van der Waals surface area contributed by atoms with Crippen LogP contribution >= 0.6 is 11.6 Å². The van der Waals surface area contributed by atoms with Crippen molar-refractivity contribution in [2.45, 2.75) is 6.92 Å². The molecule has 0 aliphatic carbocycles. The fraction of sp³-hybridized carbons (Fsp3) is 0.0588. The second-order valence-corrected chi connectivity index (χ2v) is 4.52. The summed E-state index contributed by atoms with van der Waals surface area (Å²) >= 11 is 5.96. The maximum atomic E-state index is 5.96. The van der Waals surface area contributed by atoms with Gasteiger partial charge in [-0.15, -0.1) is 0 Å². The van der Waals surface area contributed by atoms with Crippen LogP contribution in [0.1, 0.15) is 5.56 Å². The van der Waals surface area contributed by atoms with E-state index in [4.69, 9.17) is 11.6 Å². The third-order valence-electron chi connectivity index (χ3n) is 2.68. The minimum absolute atomic E-state index is 0.822. The summed E-state index contributed by atoms with van der Waals surface area (Å²) in [6.45, 7) is 2.08. The van der Waals surface area contributed by atoms with E-state index >= 15 is 0 Å². The first-order valence-corrected chi connectivity index (χ1v) is 6.30. The Hall–Kier alpha value is -1.79. The maximum Gasteiger partial charge on any atom is 0.0484 e. The molecular weight excluding hydrogens is 240 g/mol. The highest BCUT2D eigenvalue weighted by Crippen LogP contribution is 2.21. The van der Waals surface area contributed by atoms with Crippen LogP contribution < -0.4 is 0 Å². The van der Waals surface area contributed by atoms with Crippen LogP contribution in [-0.4, -0.2) is 0 Å². The van der Waals surface area contributed by atoms with E-state index in [2.05, 4.69) is 31.2 Å². The van der Waals surface area contributed by atoms with E-state index in [9.17, 15) is 0 Å². The average Bonchev–Trinajstić information content (AvgIpc) is 2.41. The lowest BCUT2D eigenvalue weighted by Gasteiger charge is -1.97. The topological polar surface area (TPSA) is 0 Å². The van der Waals surface area contributed by atoms with E-state index in [1.54, 1.807) is 0 Å². The molecule has 0 unspecified atom stereocenters. The van der Waals surface area contributed by atoms with E-state index in [1.807, 2.05) is 48.5 Å². The zero-order valence-electron chi connectivity index (χ0n) is 10.3. The van der Waals surface area contributed by atoms with Crippen LogP contribution in [0.25, 0.3) is 10.8 Å². The molecule has 0 aliphatic heterocycles. The second kappa shape index (κ2) is 6.23. The maximum absolute atomic E-state index is 5.96. The number of fused-ring (bicyclic) bond motifs is 1. The van der Waals surface area contributed by atoms with E-state index in [0.717, 1.165) is 10.4 Å². The number of hydrogen-bond donors (Lipinski definition) is 0. The van der Waals surface area contributed by atoms with Gasteiger partial charge in [0.1, 0.15) is 0 Å². The molecule has 0 atom stereocenters. The van der Waals surface area contributed by atoms with Crippen molar-refractivity contribution in [1.29, 1.82) is 0 Å². The summed E-state index contributed by atoms with van der Waals surface area (Å²) in [6, 6.07) is 24.3. The highest BCUT2D eigenvalue weighted by atomic mass is 35.5. The van der Waals surface area contributed by atoms with Gasteiger partial charge in [-0.1, -0.05) is 83.9 Å². The minimum Gasteiger partial charge on any atom is -0.0837 e. The van der Waals surface area contributed by atoms with Crippen LogP contribution in [0, 0.1) is 6.92 Å². The number of rotatable bonds is 0. The van der Waals surface area contributed by atoms with Crippen LogP contribution in [0.5, 0.6) is 0 Å². The monoisotopic (exact) mass is 254 g/mol. The van der Waals surface area contributed by atoms with Crippen LogP contribution in [-0.2, 0) is 0 Å². The van der Waals surface area contributed by atoms with Gasteiger partial charge >= 0.3 is 0 Å². The van der Waals surface area contributed by atoms with Crippen molar-refractivity contribution in [2.24, 2.45) is 0 Å². The SMILES string of the molecule is Cc1ccccc1.Clc1cccc2ccccc12. The first-order chi connectivity index (χ1) is 8.77. The summed E-state index contributed by atoms with van der Waals surface area (Å²) in [4.78, 5) is 0. The first-order valence-electron chi connectivity index (χ1n) is 5.92. The van der Waals surface area contributed by atoms with Crippen molar-refractivity contribution in [3.05, 3.63) is 83.4 Å². The molecule has 0 nitrogen and oxygen atoms in total. The van der Waals surface area contributed by atoms with Gasteiger partial charge in [0.25, 0.3) is 0 Å². The first kappa shape index (κ1) is 12.7. The van der Waals surface area contributed by atoms with Gasteiger partial charge in [0.05, 0.1) is 0 Å². The molecule has 3 aromatic rings. The van der Waals surface area contributed by atoms with Crippen LogP contribution in [0.3, 0.4) is 0 Å². The Morgan fingerprint density at radius 2 is 1.28 bits per heavy atom. The zero-order chi connectivity index (χ0) is 12.8. The van der Waals surface area contributed by atoms with Crippen LogP contribution in [0.15, 0.2) is 72.8 Å². The molecule has 0 heterocycles. The number of halogens is 1. The van der Waals surface area contributed by atoms with E-state index in [1.165, 1.54) is 10.9 Å². The molecule has 0 aromatic heterocycles. The lowest BCUT2D eigenvalue weighted by molar-refractivity contribution is 1.48. The van der Waals surface area contributed by atoms with Gasteiger partial charge in [-0.2, -0.15) is 0 Å². The Labute approximate surface area is 113 Å². The van der Waals surface area contributed by atoms with Gasteiger partial charge in [-0.3, -0.25) is 0 Å². The molecule has 0 radical (unpaired) electrons. The number of benzene rings is 3. The van der Waals surface area contributed by atoms with Gasteiger partial charge in [-0.25, -0.2) is 0 Å². The molecule has 0 N–H and O–H groups in total. The Morgan fingerprint density at radius 3 is 1.89 bits per heavy atom. The molecule has 3 rings (SSSR count). The summed E-state index contributed by atoms with van der Waals surface area (Å²) < 4.78 is 0. The summed E-state index contributed by atoms with van der Waals surface area (Å²) in [5.41, 5.74) is 1.32. The lowest BCUT2D eigenvalue weighted by Crippen LogP contribution is -1.70. The van der Waals surface area contributed by atoms with Crippen molar-refractivity contribution in [1.82, 2.24) is 0 Å². The molecule has 0 fully saturated rings. The van der Waals surface area contributed by atoms with Gasteiger partial charge in [0.15, 0.2) is 0 Å². The Morgan fingerprint density at radius 1 is 0.667 bits per heavy atom. The van der Waals surface area contributed by atoms with Gasteiger partial charge in [0, 0.05) is 10.4 Å². The lowest BCUT2D eigenvalue weighted by atomic mass is 10.1. The molecule has 0 saturated heterocycles. The Kier molecular flexibility index (Phi) is 4.38. The fourth-order valence-corrected chi connectivity index (χ4v) is 1.97. The van der Waals surface area contributed by atoms with Gasteiger partial charge in [-0.05, 0) is 18.4 Å². The standard InChI is InChI=1S/C10H7Cl.C7H8/c11-10-7-3-5-8-4-1-2-6-9(8)10;1-7-5-3-2-4-6-7/h1-7H;2-6H,1H3. The summed E-state index contributed by atoms with van der Waals surface area (Å²) in [5, 5.41) is 3.14. The van der Waals surface area contributed by atoms with Crippen molar-refractivity contribution in [3.8, 4) is 0 Å². The summed E-state index contributed by atoms with van der Waals surface area (Å²) in [5.74, 6) is 0. The predicted molar refractivity (Wildman–Crippen MR) is 80.1 cm³/mol. The molecule has 3 aromatic carbocycles. The molecule has 0 bridgehead atoms. The molecule has 0 amide bonds. The highest BCUT2D eigenvalue weighted by molar-refractivity contribution is 6.35. The Balaban J connectivity index is 0.000000149. The van der Waals surface area contributed by atoms with Crippen molar-refractivity contribution in [2.75, 3.05) is 0 Å². The average molecular weight is 255 g/mol. The normalized spacial score (nSPS) is 9.67. The highest BCUT2D eigenvalue weighted by Gasteiger charge is 1.93. The third kappa shape index (κ3) is 3.35. The zero-order valence-corrected chi connectivity index (χ0v) is 11.1. The van der Waals surface area contributed by atoms with E-state index in [-0.39, 0.29) is 0 Å². The Bertz CT molecular complexity index is 609. The quantitative estimate of drug-likeness (QED) is 0.498. The molecule has 0 saturated carbocycles. The second-order valence-electron chi connectivity index (χ2n) is 4.12. The predicted octanol–water partition coefficient (Wildman–Crippen LogP) is 5.49. The fourth-order valence-electron chi connectivity index (χ4n) is 1.72. The van der Waals surface area contributed by atoms with Gasteiger partial charge in [0.2, 0.25) is 0 Å². The minimum atomic E-state index is 0.822. The van der Waals surface area contributed by atoms with Crippen molar-refractivity contribution >= 4 is 22.4 Å². The molecule has 0 aliphatic rings. The smallest absolute Gasteiger partial charge is 0.0484 e. The van der Waals surface area contributed by atoms with Gasteiger partial charge < -0.3 is 0 Å². The number of aryl methyl sites for hydroxylation is 1. The molecular formula is C17H15Cl. The summed E-state index contributed by atoms with van der Waals surface area (Å²) in [6.07, 6.45) is 0. The third-order valence-corrected chi connectivity index (χ3v) is 3.01.